The van der Waals surface area contributed by atoms with Gasteiger partial charge in [-0.2, -0.15) is 12.7 Å². The lowest BCUT2D eigenvalue weighted by molar-refractivity contribution is -0.0368. The van der Waals surface area contributed by atoms with Crippen molar-refractivity contribution in [2.45, 2.75) is 25.4 Å². The van der Waals surface area contributed by atoms with E-state index in [0.29, 0.717) is 13.2 Å². The molecule has 0 unspecified atom stereocenters. The van der Waals surface area contributed by atoms with Crippen LogP contribution in [-0.2, 0) is 19.2 Å². The maximum absolute atomic E-state index is 11.5. The molecule has 0 amide bonds. The molecule has 0 aromatic rings. The summed E-state index contributed by atoms with van der Waals surface area (Å²) in [5.74, 6) is 0. The number of nitrogens with zero attached hydrogens (tertiary/aromatic N) is 1. The molecule has 0 radical (unpaired) electrons. The van der Waals surface area contributed by atoms with Crippen LogP contribution in [0.2, 0.25) is 0 Å². The molecule has 0 bridgehead atoms. The molecule has 0 aliphatic carbocycles. The third kappa shape index (κ3) is 1.38. The molecule has 2 aliphatic heterocycles. The standard InChI is InChI=1S/C7H13NO4S/c1-7(2)5-11-3-6-4-12-13(9,10)8(6)7/h6H,3-5H2,1-2H3/t6-/m0/s1. The summed E-state index contributed by atoms with van der Waals surface area (Å²) in [6.45, 7) is 4.75. The second kappa shape index (κ2) is 2.66. The summed E-state index contributed by atoms with van der Waals surface area (Å²) in [5, 5.41) is 0. The van der Waals surface area contributed by atoms with E-state index in [1.165, 1.54) is 4.31 Å². The maximum atomic E-state index is 11.5. The SMILES string of the molecule is CC1(C)COC[C@H]2COS(=O)(=O)N21. The molecule has 2 rings (SSSR count). The Morgan fingerprint density at radius 2 is 2.08 bits per heavy atom. The summed E-state index contributed by atoms with van der Waals surface area (Å²) in [6.07, 6.45) is 0. The topological polar surface area (TPSA) is 55.8 Å². The van der Waals surface area contributed by atoms with Gasteiger partial charge in [0.1, 0.15) is 0 Å². The minimum Gasteiger partial charge on any atom is -0.378 e. The third-order valence-electron chi connectivity index (χ3n) is 2.34. The fraction of sp³-hybridized carbons (Fsp3) is 1.00. The Balaban J connectivity index is 2.38. The average molecular weight is 207 g/mol. The van der Waals surface area contributed by atoms with Crippen molar-refractivity contribution in [3.63, 3.8) is 0 Å². The highest BCUT2D eigenvalue weighted by atomic mass is 32.2. The lowest BCUT2D eigenvalue weighted by atomic mass is 10.0. The molecule has 0 spiro atoms. The highest BCUT2D eigenvalue weighted by Gasteiger charge is 2.50. The van der Waals surface area contributed by atoms with Gasteiger partial charge < -0.3 is 4.74 Å². The lowest BCUT2D eigenvalue weighted by Gasteiger charge is -2.40. The summed E-state index contributed by atoms with van der Waals surface area (Å²) >= 11 is 0. The Labute approximate surface area is 77.9 Å². The van der Waals surface area contributed by atoms with Gasteiger partial charge in [-0.15, -0.1) is 0 Å². The van der Waals surface area contributed by atoms with Crippen LogP contribution in [0.15, 0.2) is 0 Å². The van der Waals surface area contributed by atoms with Gasteiger partial charge in [-0.3, -0.25) is 4.18 Å². The third-order valence-corrected chi connectivity index (χ3v) is 4.05. The van der Waals surface area contributed by atoms with Gasteiger partial charge in [0.05, 0.1) is 31.4 Å². The number of morpholine rings is 1. The second-order valence-corrected chi connectivity index (χ2v) is 5.50. The predicted octanol–water partition coefficient (Wildman–Crippen LogP) is -0.259. The summed E-state index contributed by atoms with van der Waals surface area (Å²) in [7, 11) is -3.50. The van der Waals surface area contributed by atoms with Gasteiger partial charge in [0.15, 0.2) is 0 Å². The summed E-state index contributed by atoms with van der Waals surface area (Å²) < 4.78 is 34.4. The predicted molar refractivity (Wildman–Crippen MR) is 45.4 cm³/mol. The Morgan fingerprint density at radius 3 is 2.69 bits per heavy atom. The van der Waals surface area contributed by atoms with Gasteiger partial charge in [0.2, 0.25) is 0 Å². The average Bonchev–Trinajstić information content (AvgIpc) is 2.27. The highest BCUT2D eigenvalue weighted by Crippen LogP contribution is 2.32. The van der Waals surface area contributed by atoms with Gasteiger partial charge >= 0.3 is 10.3 Å². The second-order valence-electron chi connectivity index (χ2n) is 4.02. The molecule has 2 aliphatic rings. The van der Waals surface area contributed by atoms with Crippen LogP contribution in [0.5, 0.6) is 0 Å². The summed E-state index contributed by atoms with van der Waals surface area (Å²) in [6, 6.07) is -0.145. The minimum absolute atomic E-state index is 0.145. The first-order valence-electron chi connectivity index (χ1n) is 4.20. The molecule has 6 heteroatoms. The molecule has 2 fully saturated rings. The van der Waals surface area contributed by atoms with Crippen LogP contribution in [0.3, 0.4) is 0 Å². The molecule has 2 saturated heterocycles. The van der Waals surface area contributed by atoms with Gasteiger partial charge in [0, 0.05) is 0 Å². The zero-order chi connectivity index (χ0) is 9.69. The Morgan fingerprint density at radius 1 is 1.38 bits per heavy atom. The zero-order valence-corrected chi connectivity index (χ0v) is 8.50. The summed E-state index contributed by atoms with van der Waals surface area (Å²) in [4.78, 5) is 0. The molecule has 0 aromatic carbocycles. The monoisotopic (exact) mass is 207 g/mol. The van der Waals surface area contributed by atoms with Crippen LogP contribution in [-0.4, -0.2) is 44.1 Å². The Hall–Kier alpha value is -0.170. The van der Waals surface area contributed by atoms with Gasteiger partial charge in [-0.05, 0) is 13.8 Å². The summed E-state index contributed by atoms with van der Waals surface area (Å²) in [5.41, 5.74) is -0.488. The molecule has 76 valence electrons. The van der Waals surface area contributed by atoms with Crippen molar-refractivity contribution in [3.05, 3.63) is 0 Å². The van der Waals surface area contributed by atoms with Crippen LogP contribution in [0, 0.1) is 0 Å². The van der Waals surface area contributed by atoms with E-state index in [1.54, 1.807) is 0 Å². The molecule has 0 aromatic heterocycles. The first-order chi connectivity index (χ1) is 5.93. The van der Waals surface area contributed by atoms with Crippen molar-refractivity contribution >= 4 is 10.3 Å². The van der Waals surface area contributed by atoms with Crippen molar-refractivity contribution < 1.29 is 17.3 Å². The van der Waals surface area contributed by atoms with Crippen LogP contribution >= 0.6 is 0 Å². The quantitative estimate of drug-likeness (QED) is 0.549. The Bertz CT molecular complexity index is 310. The van der Waals surface area contributed by atoms with E-state index >= 15 is 0 Å². The molecule has 13 heavy (non-hydrogen) atoms. The van der Waals surface area contributed by atoms with Crippen LogP contribution in [0.4, 0.5) is 0 Å². The molecular formula is C7H13NO4S. The van der Waals surface area contributed by atoms with Crippen LogP contribution < -0.4 is 0 Å². The highest BCUT2D eigenvalue weighted by molar-refractivity contribution is 7.84. The van der Waals surface area contributed by atoms with E-state index in [-0.39, 0.29) is 12.6 Å². The van der Waals surface area contributed by atoms with E-state index in [1.807, 2.05) is 13.8 Å². The van der Waals surface area contributed by atoms with Crippen molar-refractivity contribution in [1.29, 1.82) is 0 Å². The Kier molecular flexibility index (Phi) is 1.92. The van der Waals surface area contributed by atoms with Crippen molar-refractivity contribution in [3.8, 4) is 0 Å². The molecular weight excluding hydrogens is 194 g/mol. The fourth-order valence-corrected chi connectivity index (χ4v) is 3.48. The first kappa shape index (κ1) is 9.39. The largest absolute Gasteiger partial charge is 0.378 e. The van der Waals surface area contributed by atoms with E-state index in [9.17, 15) is 8.42 Å². The van der Waals surface area contributed by atoms with E-state index in [4.69, 9.17) is 8.92 Å². The van der Waals surface area contributed by atoms with Crippen molar-refractivity contribution in [2.75, 3.05) is 19.8 Å². The molecule has 1 atom stereocenters. The van der Waals surface area contributed by atoms with Crippen molar-refractivity contribution in [1.82, 2.24) is 4.31 Å². The number of ether oxygens (including phenoxy) is 1. The van der Waals surface area contributed by atoms with Gasteiger partial charge in [0.25, 0.3) is 0 Å². The van der Waals surface area contributed by atoms with Crippen LogP contribution in [0.25, 0.3) is 0 Å². The zero-order valence-electron chi connectivity index (χ0n) is 7.69. The van der Waals surface area contributed by atoms with E-state index in [0.717, 1.165) is 0 Å². The van der Waals surface area contributed by atoms with Crippen molar-refractivity contribution in [2.24, 2.45) is 0 Å². The molecule has 0 N–H and O–H groups in total. The molecule has 5 nitrogen and oxygen atoms in total. The maximum Gasteiger partial charge on any atom is 0.339 e. The first-order valence-corrected chi connectivity index (χ1v) is 5.57. The number of hydrogen-bond donors (Lipinski definition) is 0. The number of fused-ring (bicyclic) bond motifs is 1. The fourth-order valence-electron chi connectivity index (χ4n) is 1.89. The molecule has 0 saturated carbocycles. The normalized spacial score (nSPS) is 37.2. The number of hydrogen-bond acceptors (Lipinski definition) is 4. The number of rotatable bonds is 0. The molecule has 2 heterocycles. The van der Waals surface area contributed by atoms with Crippen LogP contribution in [0.1, 0.15) is 13.8 Å². The van der Waals surface area contributed by atoms with E-state index in [2.05, 4.69) is 0 Å². The van der Waals surface area contributed by atoms with Gasteiger partial charge in [-0.1, -0.05) is 0 Å². The lowest BCUT2D eigenvalue weighted by Crippen LogP contribution is -2.57. The minimum atomic E-state index is -3.50. The smallest absolute Gasteiger partial charge is 0.339 e. The van der Waals surface area contributed by atoms with E-state index < -0.39 is 15.8 Å². The van der Waals surface area contributed by atoms with Gasteiger partial charge in [-0.25, -0.2) is 0 Å².